The summed E-state index contributed by atoms with van der Waals surface area (Å²) in [4.78, 5) is 4.25. The molecule has 20 heavy (non-hydrogen) atoms. The summed E-state index contributed by atoms with van der Waals surface area (Å²) >= 11 is 0. The lowest BCUT2D eigenvalue weighted by Gasteiger charge is -2.36. The molecule has 0 aliphatic heterocycles. The van der Waals surface area contributed by atoms with Crippen molar-refractivity contribution in [1.29, 1.82) is 0 Å². The van der Waals surface area contributed by atoms with Gasteiger partial charge < -0.3 is 9.16 Å². The van der Waals surface area contributed by atoms with Gasteiger partial charge in [0.2, 0.25) is 0 Å². The topological polar surface area (TPSA) is 31.4 Å². The monoisotopic (exact) mass is 293 g/mol. The summed E-state index contributed by atoms with van der Waals surface area (Å²) in [6.07, 6.45) is 3.56. The highest BCUT2D eigenvalue weighted by atomic mass is 28.4. The van der Waals surface area contributed by atoms with E-state index in [1.165, 1.54) is 0 Å². The second-order valence-electron chi connectivity index (χ2n) is 6.46. The maximum absolute atomic E-state index is 6.05. The molecule has 0 spiro atoms. The van der Waals surface area contributed by atoms with E-state index < -0.39 is 8.32 Å². The van der Waals surface area contributed by atoms with Crippen LogP contribution < -0.4 is 0 Å². The molecule has 0 bridgehead atoms. The second-order valence-corrected chi connectivity index (χ2v) is 11.3. The van der Waals surface area contributed by atoms with Crippen molar-refractivity contribution in [2.24, 2.45) is 0 Å². The van der Waals surface area contributed by atoms with E-state index in [1.807, 2.05) is 18.3 Å². The largest absolute Gasteiger partial charge is 0.414 e. The molecule has 0 fully saturated rings. The number of nitrogens with zero attached hydrogens (tertiary/aromatic N) is 1. The van der Waals surface area contributed by atoms with Crippen molar-refractivity contribution in [3.8, 4) is 0 Å². The molecule has 0 N–H and O–H groups in total. The molecule has 0 atom stereocenters. The molecular weight excluding hydrogens is 266 g/mol. The molecule has 1 aromatic heterocycles. The highest BCUT2D eigenvalue weighted by Gasteiger charge is 2.36. The van der Waals surface area contributed by atoms with E-state index in [4.69, 9.17) is 9.16 Å². The summed E-state index contributed by atoms with van der Waals surface area (Å²) in [5, 5.41) is 0.247. The van der Waals surface area contributed by atoms with Gasteiger partial charge in [-0.1, -0.05) is 33.4 Å². The molecule has 1 heterocycles. The summed E-state index contributed by atoms with van der Waals surface area (Å²) in [6, 6.07) is 3.95. The Morgan fingerprint density at radius 1 is 1.25 bits per heavy atom. The fourth-order valence-corrected chi connectivity index (χ4v) is 2.43. The summed E-state index contributed by atoms with van der Waals surface area (Å²) in [5.74, 6) is 0. The summed E-state index contributed by atoms with van der Waals surface area (Å²) in [7, 11) is -1.65. The number of aromatic nitrogens is 1. The maximum atomic E-state index is 6.05. The lowest BCUT2D eigenvalue weighted by Crippen LogP contribution is -2.41. The fraction of sp³-hybridized carbons (Fsp3) is 0.562. The van der Waals surface area contributed by atoms with E-state index in [2.05, 4.69) is 45.4 Å². The highest BCUT2D eigenvalue weighted by molar-refractivity contribution is 6.74. The first kappa shape index (κ1) is 17.1. The Kier molecular flexibility index (Phi) is 6.11. The van der Waals surface area contributed by atoms with Gasteiger partial charge in [-0.05, 0) is 35.8 Å². The Balaban J connectivity index is 2.26. The van der Waals surface area contributed by atoms with Crippen LogP contribution in [-0.4, -0.2) is 26.5 Å². The van der Waals surface area contributed by atoms with E-state index in [1.54, 1.807) is 6.08 Å². The van der Waals surface area contributed by atoms with Crippen LogP contribution in [0.5, 0.6) is 0 Å². The molecule has 4 heteroatoms. The smallest absolute Gasteiger partial charge is 0.192 e. The quantitative estimate of drug-likeness (QED) is 0.556. The van der Waals surface area contributed by atoms with Crippen LogP contribution in [0.3, 0.4) is 0 Å². The lowest BCUT2D eigenvalue weighted by atomic mass is 10.2. The Labute approximate surface area is 124 Å². The average Bonchev–Trinajstić information content (AvgIpc) is 2.37. The van der Waals surface area contributed by atoms with E-state index in [-0.39, 0.29) is 5.04 Å². The minimum absolute atomic E-state index is 0.247. The predicted octanol–water partition coefficient (Wildman–Crippen LogP) is 4.26. The van der Waals surface area contributed by atoms with Gasteiger partial charge in [-0.3, -0.25) is 4.98 Å². The first-order valence-electron chi connectivity index (χ1n) is 7.05. The second kappa shape index (κ2) is 7.15. The molecule has 0 unspecified atom stereocenters. The predicted molar refractivity (Wildman–Crippen MR) is 87.1 cm³/mol. The molecular formula is C16H27NO2Si. The van der Waals surface area contributed by atoms with E-state index in [0.29, 0.717) is 19.8 Å². The van der Waals surface area contributed by atoms with Crippen LogP contribution in [0.4, 0.5) is 0 Å². The molecule has 0 amide bonds. The van der Waals surface area contributed by atoms with Gasteiger partial charge in [0.25, 0.3) is 0 Å². The van der Waals surface area contributed by atoms with Crippen LogP contribution in [-0.2, 0) is 15.8 Å². The molecule has 0 saturated carbocycles. The zero-order chi connectivity index (χ0) is 15.2. The highest BCUT2D eigenvalue weighted by Crippen LogP contribution is 2.36. The molecule has 1 aromatic rings. The third kappa shape index (κ3) is 5.19. The van der Waals surface area contributed by atoms with Crippen molar-refractivity contribution >= 4 is 14.4 Å². The van der Waals surface area contributed by atoms with Crippen LogP contribution in [0.1, 0.15) is 32.0 Å². The fourth-order valence-electron chi connectivity index (χ4n) is 1.40. The minimum atomic E-state index is -1.65. The third-order valence-electron chi connectivity index (χ3n) is 3.82. The van der Waals surface area contributed by atoms with Crippen molar-refractivity contribution in [2.75, 3.05) is 13.2 Å². The first-order chi connectivity index (χ1) is 9.26. The maximum Gasteiger partial charge on any atom is 0.192 e. The van der Waals surface area contributed by atoms with Gasteiger partial charge in [-0.2, -0.15) is 0 Å². The molecule has 3 nitrogen and oxygen atoms in total. The van der Waals surface area contributed by atoms with Crippen molar-refractivity contribution in [1.82, 2.24) is 4.98 Å². The van der Waals surface area contributed by atoms with Crippen LogP contribution >= 0.6 is 0 Å². The van der Waals surface area contributed by atoms with Gasteiger partial charge in [-0.25, -0.2) is 0 Å². The average molecular weight is 293 g/mol. The molecule has 0 aliphatic carbocycles. The summed E-state index contributed by atoms with van der Waals surface area (Å²) in [5.41, 5.74) is 1.96. The van der Waals surface area contributed by atoms with Gasteiger partial charge in [0.15, 0.2) is 8.32 Å². The third-order valence-corrected chi connectivity index (χ3v) is 8.36. The zero-order valence-corrected chi connectivity index (χ0v) is 14.4. The number of hydrogen-bond acceptors (Lipinski definition) is 3. The van der Waals surface area contributed by atoms with Gasteiger partial charge in [0, 0.05) is 6.20 Å². The SMILES string of the molecule is C=Cc1ccc(COCCO[Si](C)(C)C(C)(C)C)cn1. The Bertz CT molecular complexity index is 421. The number of rotatable bonds is 7. The Hall–Kier alpha value is -0.973. The normalized spacial score (nSPS) is 12.4. The van der Waals surface area contributed by atoms with E-state index in [9.17, 15) is 0 Å². The molecule has 0 aliphatic rings. The standard InChI is InChI=1S/C16H27NO2Si/c1-7-15-9-8-14(12-17-15)13-18-10-11-19-20(5,6)16(2,3)4/h7-9,12H,1,10-11,13H2,2-6H3. The van der Waals surface area contributed by atoms with Crippen LogP contribution in [0.15, 0.2) is 24.9 Å². The molecule has 0 radical (unpaired) electrons. The molecule has 0 saturated heterocycles. The Morgan fingerprint density at radius 2 is 1.95 bits per heavy atom. The number of hydrogen-bond donors (Lipinski definition) is 0. The molecule has 0 aromatic carbocycles. The van der Waals surface area contributed by atoms with Crippen LogP contribution in [0.25, 0.3) is 6.08 Å². The van der Waals surface area contributed by atoms with Crippen molar-refractivity contribution in [3.05, 3.63) is 36.2 Å². The summed E-state index contributed by atoms with van der Waals surface area (Å²) < 4.78 is 11.7. The Morgan fingerprint density at radius 3 is 2.45 bits per heavy atom. The van der Waals surface area contributed by atoms with Gasteiger partial charge in [0.1, 0.15) is 0 Å². The number of pyridine rings is 1. The van der Waals surface area contributed by atoms with Crippen molar-refractivity contribution in [2.45, 2.75) is 45.5 Å². The minimum Gasteiger partial charge on any atom is -0.414 e. The van der Waals surface area contributed by atoms with Gasteiger partial charge in [-0.15, -0.1) is 0 Å². The van der Waals surface area contributed by atoms with E-state index in [0.717, 1.165) is 11.3 Å². The van der Waals surface area contributed by atoms with Crippen LogP contribution in [0.2, 0.25) is 18.1 Å². The first-order valence-corrected chi connectivity index (χ1v) is 9.96. The summed E-state index contributed by atoms with van der Waals surface area (Å²) in [6.45, 7) is 16.8. The molecule has 112 valence electrons. The van der Waals surface area contributed by atoms with Gasteiger partial charge in [0.05, 0.1) is 25.5 Å². The van der Waals surface area contributed by atoms with Crippen molar-refractivity contribution in [3.63, 3.8) is 0 Å². The van der Waals surface area contributed by atoms with Crippen LogP contribution in [0, 0.1) is 0 Å². The zero-order valence-electron chi connectivity index (χ0n) is 13.4. The molecule has 1 rings (SSSR count). The van der Waals surface area contributed by atoms with Gasteiger partial charge >= 0.3 is 0 Å². The lowest BCUT2D eigenvalue weighted by molar-refractivity contribution is 0.0844. The number of ether oxygens (including phenoxy) is 1. The van der Waals surface area contributed by atoms with E-state index >= 15 is 0 Å². The van der Waals surface area contributed by atoms with Crippen molar-refractivity contribution < 1.29 is 9.16 Å².